The lowest BCUT2D eigenvalue weighted by Gasteiger charge is -2.35. The first-order valence-corrected chi connectivity index (χ1v) is 12.4. The van der Waals surface area contributed by atoms with Crippen LogP contribution in [-0.2, 0) is 4.74 Å². The number of amides is 1. The topological polar surface area (TPSA) is 89.7 Å². The summed E-state index contributed by atoms with van der Waals surface area (Å²) in [5.41, 5.74) is 4.42. The molecule has 1 atom stereocenters. The van der Waals surface area contributed by atoms with Gasteiger partial charge in [0.05, 0.1) is 26.4 Å². The van der Waals surface area contributed by atoms with Gasteiger partial charge in [-0.25, -0.2) is 0 Å². The van der Waals surface area contributed by atoms with Crippen LogP contribution in [0.4, 0.5) is 0 Å². The molecule has 1 N–H and O–H groups in total. The van der Waals surface area contributed by atoms with Gasteiger partial charge in [-0.05, 0) is 60.5 Å². The second-order valence-corrected chi connectivity index (χ2v) is 8.95. The van der Waals surface area contributed by atoms with E-state index in [0.29, 0.717) is 37.1 Å². The number of aromatic nitrogens is 2. The Morgan fingerprint density at radius 3 is 2.38 bits per heavy atom. The third kappa shape index (κ3) is 5.71. The standard InChI is InChI=1S/C29H30N4O4/c1-20-5-3-4-6-25(20)29-32-31-28(37-29)23-9-7-22(8-10-23)27(34)30-19-26(33-15-17-36-18-16-33)21-11-13-24(35-2)14-12-21/h3-14,26H,15-19H2,1-2H3,(H,30,34). The van der Waals surface area contributed by atoms with Crippen LogP contribution in [0.2, 0.25) is 0 Å². The molecule has 37 heavy (non-hydrogen) atoms. The molecule has 5 rings (SSSR count). The van der Waals surface area contributed by atoms with Crippen molar-refractivity contribution in [3.8, 4) is 28.7 Å². The van der Waals surface area contributed by atoms with Gasteiger partial charge in [0.25, 0.3) is 5.91 Å². The summed E-state index contributed by atoms with van der Waals surface area (Å²) in [6.45, 7) is 5.49. The lowest BCUT2D eigenvalue weighted by Crippen LogP contribution is -2.43. The van der Waals surface area contributed by atoms with Crippen molar-refractivity contribution in [3.63, 3.8) is 0 Å². The van der Waals surface area contributed by atoms with E-state index in [1.165, 1.54) is 0 Å². The van der Waals surface area contributed by atoms with Crippen molar-refractivity contribution < 1.29 is 18.7 Å². The molecular formula is C29H30N4O4. The van der Waals surface area contributed by atoms with Gasteiger partial charge in [0, 0.05) is 36.3 Å². The summed E-state index contributed by atoms with van der Waals surface area (Å²) in [7, 11) is 1.65. The second kappa shape index (κ2) is 11.4. The number of nitrogens with zero attached hydrogens (tertiary/aromatic N) is 3. The summed E-state index contributed by atoms with van der Waals surface area (Å²) in [5, 5.41) is 11.5. The van der Waals surface area contributed by atoms with Crippen LogP contribution >= 0.6 is 0 Å². The quantitative estimate of drug-likeness (QED) is 0.382. The van der Waals surface area contributed by atoms with Crippen LogP contribution < -0.4 is 10.1 Å². The van der Waals surface area contributed by atoms with Crippen molar-refractivity contribution in [1.82, 2.24) is 20.4 Å². The number of aryl methyl sites for hydroxylation is 1. The van der Waals surface area contributed by atoms with E-state index >= 15 is 0 Å². The van der Waals surface area contributed by atoms with Crippen molar-refractivity contribution in [1.29, 1.82) is 0 Å². The van der Waals surface area contributed by atoms with E-state index in [1.54, 1.807) is 19.2 Å². The van der Waals surface area contributed by atoms with Crippen molar-refractivity contribution in [2.45, 2.75) is 13.0 Å². The maximum atomic E-state index is 13.0. The Morgan fingerprint density at radius 1 is 0.973 bits per heavy atom. The van der Waals surface area contributed by atoms with Gasteiger partial charge in [-0.2, -0.15) is 0 Å². The molecule has 1 aliphatic heterocycles. The number of hydrogen-bond acceptors (Lipinski definition) is 7. The maximum Gasteiger partial charge on any atom is 0.251 e. The normalized spacial score (nSPS) is 14.8. The largest absolute Gasteiger partial charge is 0.497 e. The number of morpholine rings is 1. The molecular weight excluding hydrogens is 468 g/mol. The molecule has 1 fully saturated rings. The number of carbonyl (C=O) groups excluding carboxylic acids is 1. The van der Waals surface area contributed by atoms with E-state index < -0.39 is 0 Å². The molecule has 1 amide bonds. The highest BCUT2D eigenvalue weighted by Crippen LogP contribution is 2.27. The molecule has 190 valence electrons. The molecule has 1 unspecified atom stereocenters. The van der Waals surface area contributed by atoms with Gasteiger partial charge >= 0.3 is 0 Å². The molecule has 8 heteroatoms. The molecule has 2 heterocycles. The average Bonchev–Trinajstić information content (AvgIpc) is 3.44. The number of methoxy groups -OCH3 is 1. The zero-order valence-corrected chi connectivity index (χ0v) is 21.0. The minimum atomic E-state index is -0.135. The third-order valence-corrected chi connectivity index (χ3v) is 6.64. The van der Waals surface area contributed by atoms with Gasteiger partial charge < -0.3 is 19.2 Å². The molecule has 8 nitrogen and oxygen atoms in total. The molecule has 0 aliphatic carbocycles. The lowest BCUT2D eigenvalue weighted by molar-refractivity contribution is 0.0162. The van der Waals surface area contributed by atoms with E-state index in [9.17, 15) is 4.79 Å². The van der Waals surface area contributed by atoms with E-state index in [4.69, 9.17) is 13.9 Å². The van der Waals surface area contributed by atoms with Crippen LogP contribution in [0.3, 0.4) is 0 Å². The van der Waals surface area contributed by atoms with Crippen LogP contribution in [0.25, 0.3) is 22.9 Å². The molecule has 0 spiro atoms. The minimum absolute atomic E-state index is 0.0382. The highest BCUT2D eigenvalue weighted by molar-refractivity contribution is 5.94. The van der Waals surface area contributed by atoms with E-state index in [0.717, 1.165) is 41.1 Å². The van der Waals surface area contributed by atoms with Crippen LogP contribution in [0, 0.1) is 6.92 Å². The van der Waals surface area contributed by atoms with E-state index in [-0.39, 0.29) is 11.9 Å². The van der Waals surface area contributed by atoms with Crippen LogP contribution in [0.5, 0.6) is 5.75 Å². The minimum Gasteiger partial charge on any atom is -0.497 e. The number of ether oxygens (including phenoxy) is 2. The summed E-state index contributed by atoms with van der Waals surface area (Å²) < 4.78 is 16.7. The predicted molar refractivity (Wildman–Crippen MR) is 140 cm³/mol. The number of carbonyl (C=O) groups is 1. The summed E-state index contributed by atoms with van der Waals surface area (Å²) in [6, 6.07) is 23.1. The van der Waals surface area contributed by atoms with Crippen molar-refractivity contribution in [2.75, 3.05) is 40.0 Å². The Bertz CT molecular complexity index is 1330. The number of rotatable bonds is 8. The van der Waals surface area contributed by atoms with Gasteiger partial charge in [0.2, 0.25) is 11.8 Å². The fraction of sp³-hybridized carbons (Fsp3) is 0.276. The molecule has 4 aromatic rings. The van der Waals surface area contributed by atoms with Gasteiger partial charge in [0.1, 0.15) is 5.75 Å². The van der Waals surface area contributed by atoms with Crippen LogP contribution in [0.15, 0.2) is 77.2 Å². The molecule has 0 bridgehead atoms. The van der Waals surface area contributed by atoms with Gasteiger partial charge in [-0.3, -0.25) is 9.69 Å². The molecule has 0 saturated carbocycles. The van der Waals surface area contributed by atoms with Crippen molar-refractivity contribution in [3.05, 3.63) is 89.5 Å². The summed E-state index contributed by atoms with van der Waals surface area (Å²) in [6.07, 6.45) is 0. The Balaban J connectivity index is 1.26. The maximum absolute atomic E-state index is 13.0. The zero-order chi connectivity index (χ0) is 25.6. The SMILES string of the molecule is COc1ccc(C(CNC(=O)c2ccc(-c3nnc(-c4ccccc4C)o3)cc2)N2CCOCC2)cc1. The average molecular weight is 499 g/mol. The van der Waals surface area contributed by atoms with Gasteiger partial charge in [0.15, 0.2) is 0 Å². The van der Waals surface area contributed by atoms with Crippen molar-refractivity contribution in [2.24, 2.45) is 0 Å². The first-order chi connectivity index (χ1) is 18.1. The number of nitrogens with one attached hydrogen (secondary N) is 1. The molecule has 1 aliphatic rings. The molecule has 1 aromatic heterocycles. The highest BCUT2D eigenvalue weighted by Gasteiger charge is 2.23. The van der Waals surface area contributed by atoms with Crippen LogP contribution in [0.1, 0.15) is 27.5 Å². The van der Waals surface area contributed by atoms with Crippen LogP contribution in [-0.4, -0.2) is 61.0 Å². The van der Waals surface area contributed by atoms with E-state index in [2.05, 4.69) is 32.5 Å². The first kappa shape index (κ1) is 24.7. The zero-order valence-electron chi connectivity index (χ0n) is 21.0. The van der Waals surface area contributed by atoms with Crippen molar-refractivity contribution >= 4 is 5.91 Å². The Labute approximate surface area is 216 Å². The summed E-state index contributed by atoms with van der Waals surface area (Å²) >= 11 is 0. The fourth-order valence-corrected chi connectivity index (χ4v) is 4.49. The predicted octanol–water partition coefficient (Wildman–Crippen LogP) is 4.52. The number of hydrogen-bond donors (Lipinski definition) is 1. The molecule has 0 radical (unpaired) electrons. The molecule has 1 saturated heterocycles. The lowest BCUT2D eigenvalue weighted by atomic mass is 10.0. The van der Waals surface area contributed by atoms with Gasteiger partial charge in [-0.1, -0.05) is 30.3 Å². The fourth-order valence-electron chi connectivity index (χ4n) is 4.49. The Hall–Kier alpha value is -4.01. The Kier molecular flexibility index (Phi) is 7.58. The Morgan fingerprint density at radius 2 is 1.68 bits per heavy atom. The summed E-state index contributed by atoms with van der Waals surface area (Å²) in [5.74, 6) is 1.56. The molecule has 3 aromatic carbocycles. The summed E-state index contributed by atoms with van der Waals surface area (Å²) in [4.78, 5) is 15.4. The highest BCUT2D eigenvalue weighted by atomic mass is 16.5. The van der Waals surface area contributed by atoms with E-state index in [1.807, 2.05) is 55.5 Å². The monoisotopic (exact) mass is 498 g/mol. The third-order valence-electron chi connectivity index (χ3n) is 6.64. The second-order valence-electron chi connectivity index (χ2n) is 8.95. The smallest absolute Gasteiger partial charge is 0.251 e. The van der Waals surface area contributed by atoms with Gasteiger partial charge in [-0.15, -0.1) is 10.2 Å². The first-order valence-electron chi connectivity index (χ1n) is 12.4. The number of benzene rings is 3.